The molecule has 0 aliphatic carbocycles. The highest BCUT2D eigenvalue weighted by Gasteiger charge is 2.21. The Bertz CT molecular complexity index is 958. The molecule has 3 rings (SSSR count). The Morgan fingerprint density at radius 3 is 2.61 bits per heavy atom. The Morgan fingerprint density at radius 1 is 1.14 bits per heavy atom. The van der Waals surface area contributed by atoms with Crippen molar-refractivity contribution in [2.75, 3.05) is 19.0 Å². The van der Waals surface area contributed by atoms with Gasteiger partial charge in [-0.25, -0.2) is 9.78 Å². The molecule has 1 heterocycles. The van der Waals surface area contributed by atoms with Crippen LogP contribution in [-0.2, 0) is 16.1 Å². The van der Waals surface area contributed by atoms with Crippen LogP contribution in [0.5, 0.6) is 0 Å². The van der Waals surface area contributed by atoms with Gasteiger partial charge < -0.3 is 14.6 Å². The summed E-state index contributed by atoms with van der Waals surface area (Å²) in [6.45, 7) is 2.91. The SMILES string of the molecule is COCCn1c(SC(C)C(=O)NC(=O)Nc2ccccc2)nc2ccccc21. The summed E-state index contributed by atoms with van der Waals surface area (Å²) in [6.07, 6.45) is 0. The van der Waals surface area contributed by atoms with Crippen molar-refractivity contribution in [1.29, 1.82) is 0 Å². The number of carbonyl (C=O) groups is 2. The molecule has 146 valence electrons. The summed E-state index contributed by atoms with van der Waals surface area (Å²) in [7, 11) is 1.65. The number of fused-ring (bicyclic) bond motifs is 1. The van der Waals surface area contributed by atoms with Crippen LogP contribution >= 0.6 is 11.8 Å². The fourth-order valence-electron chi connectivity index (χ4n) is 2.65. The smallest absolute Gasteiger partial charge is 0.325 e. The van der Waals surface area contributed by atoms with Gasteiger partial charge in [-0.15, -0.1) is 0 Å². The van der Waals surface area contributed by atoms with Crippen LogP contribution in [0.25, 0.3) is 11.0 Å². The number of benzene rings is 2. The summed E-state index contributed by atoms with van der Waals surface area (Å²) in [6, 6.07) is 16.2. The van der Waals surface area contributed by atoms with Crippen LogP contribution in [0.1, 0.15) is 6.92 Å². The molecular weight excluding hydrogens is 376 g/mol. The molecule has 0 fully saturated rings. The van der Waals surface area contributed by atoms with Crippen molar-refractivity contribution >= 4 is 40.4 Å². The van der Waals surface area contributed by atoms with Crippen LogP contribution in [-0.4, -0.2) is 40.5 Å². The van der Waals surface area contributed by atoms with E-state index in [9.17, 15) is 9.59 Å². The number of imidazole rings is 1. The standard InChI is InChI=1S/C20H22N4O3S/c1-14(18(25)23-19(26)21-15-8-4-3-5-9-15)28-20-22-16-10-6-7-11-17(16)24(20)12-13-27-2/h3-11,14H,12-13H2,1-2H3,(H2,21,23,25,26). The third-order valence-corrected chi connectivity index (χ3v) is 5.15. The number of nitrogens with zero attached hydrogens (tertiary/aromatic N) is 2. The third kappa shape index (κ3) is 4.90. The lowest BCUT2D eigenvalue weighted by molar-refractivity contribution is -0.119. The average molecular weight is 398 g/mol. The minimum atomic E-state index is -0.559. The maximum absolute atomic E-state index is 12.4. The number of hydrogen-bond donors (Lipinski definition) is 2. The zero-order chi connectivity index (χ0) is 19.9. The monoisotopic (exact) mass is 398 g/mol. The summed E-state index contributed by atoms with van der Waals surface area (Å²) in [5, 5.41) is 5.22. The van der Waals surface area contributed by atoms with Crippen molar-refractivity contribution in [2.45, 2.75) is 23.9 Å². The van der Waals surface area contributed by atoms with E-state index in [1.807, 2.05) is 34.9 Å². The fraction of sp³-hybridized carbons (Fsp3) is 0.250. The van der Waals surface area contributed by atoms with E-state index in [1.54, 1.807) is 38.3 Å². The summed E-state index contributed by atoms with van der Waals surface area (Å²) in [4.78, 5) is 29.1. The predicted octanol–water partition coefficient (Wildman–Crippen LogP) is 3.51. The second kappa shape index (κ2) is 9.38. The number of ether oxygens (including phenoxy) is 1. The second-order valence-electron chi connectivity index (χ2n) is 6.10. The first kappa shape index (κ1) is 19.9. The van der Waals surface area contributed by atoms with Crippen LogP contribution in [0.3, 0.4) is 0 Å². The van der Waals surface area contributed by atoms with Crippen molar-refractivity contribution in [3.05, 3.63) is 54.6 Å². The van der Waals surface area contributed by atoms with Crippen LogP contribution in [0.15, 0.2) is 59.8 Å². The van der Waals surface area contributed by atoms with Crippen LogP contribution in [0, 0.1) is 0 Å². The van der Waals surface area contributed by atoms with Gasteiger partial charge in [0.2, 0.25) is 5.91 Å². The van der Waals surface area contributed by atoms with E-state index in [-0.39, 0.29) is 5.91 Å². The molecule has 1 atom stereocenters. The highest BCUT2D eigenvalue weighted by Crippen LogP contribution is 2.27. The molecule has 0 radical (unpaired) electrons. The van der Waals surface area contributed by atoms with Gasteiger partial charge in [0.15, 0.2) is 5.16 Å². The molecule has 3 amide bonds. The number of aromatic nitrogens is 2. The van der Waals surface area contributed by atoms with Gasteiger partial charge in [0.1, 0.15) is 0 Å². The van der Waals surface area contributed by atoms with Crippen molar-refractivity contribution in [3.8, 4) is 0 Å². The van der Waals surface area contributed by atoms with E-state index >= 15 is 0 Å². The number of urea groups is 1. The molecule has 0 saturated carbocycles. The van der Waals surface area contributed by atoms with Gasteiger partial charge in [-0.05, 0) is 31.2 Å². The van der Waals surface area contributed by atoms with E-state index in [1.165, 1.54) is 11.8 Å². The molecule has 1 unspecified atom stereocenters. The zero-order valence-corrected chi connectivity index (χ0v) is 16.5. The maximum atomic E-state index is 12.4. The number of amides is 3. The Hall–Kier alpha value is -2.84. The minimum absolute atomic E-state index is 0.385. The molecule has 0 aliphatic rings. The molecule has 28 heavy (non-hydrogen) atoms. The summed E-state index contributed by atoms with van der Waals surface area (Å²) in [5.74, 6) is -0.385. The molecule has 0 saturated heterocycles. The van der Waals surface area contributed by atoms with E-state index in [4.69, 9.17) is 4.74 Å². The molecule has 8 heteroatoms. The first-order valence-electron chi connectivity index (χ1n) is 8.86. The normalized spacial score (nSPS) is 11.9. The summed E-state index contributed by atoms with van der Waals surface area (Å²) >= 11 is 1.31. The number of anilines is 1. The Balaban J connectivity index is 1.67. The third-order valence-electron chi connectivity index (χ3n) is 4.06. The van der Waals surface area contributed by atoms with E-state index in [2.05, 4.69) is 15.6 Å². The predicted molar refractivity (Wildman–Crippen MR) is 111 cm³/mol. The molecule has 0 spiro atoms. The number of methoxy groups -OCH3 is 1. The van der Waals surface area contributed by atoms with Gasteiger partial charge in [-0.1, -0.05) is 42.1 Å². The van der Waals surface area contributed by atoms with Crippen molar-refractivity contribution in [2.24, 2.45) is 0 Å². The highest BCUT2D eigenvalue weighted by molar-refractivity contribution is 8.00. The van der Waals surface area contributed by atoms with Gasteiger partial charge in [-0.2, -0.15) is 0 Å². The van der Waals surface area contributed by atoms with Gasteiger partial charge in [0.05, 0.1) is 22.9 Å². The molecule has 2 aromatic carbocycles. The number of nitrogens with one attached hydrogen (secondary N) is 2. The zero-order valence-electron chi connectivity index (χ0n) is 15.7. The second-order valence-corrected chi connectivity index (χ2v) is 7.40. The van der Waals surface area contributed by atoms with Crippen LogP contribution < -0.4 is 10.6 Å². The molecule has 0 aliphatic heterocycles. The van der Waals surface area contributed by atoms with Crippen LogP contribution in [0.4, 0.5) is 10.5 Å². The Kier molecular flexibility index (Phi) is 6.67. The minimum Gasteiger partial charge on any atom is -0.383 e. The number of imide groups is 1. The lowest BCUT2D eigenvalue weighted by Gasteiger charge is -2.13. The van der Waals surface area contributed by atoms with Gasteiger partial charge in [0, 0.05) is 19.3 Å². The van der Waals surface area contributed by atoms with E-state index in [0.29, 0.717) is 24.0 Å². The van der Waals surface area contributed by atoms with Gasteiger partial charge in [-0.3, -0.25) is 10.1 Å². The van der Waals surface area contributed by atoms with Gasteiger partial charge >= 0.3 is 6.03 Å². The number of carbonyl (C=O) groups excluding carboxylic acids is 2. The quantitative estimate of drug-likeness (QED) is 0.595. The lowest BCUT2D eigenvalue weighted by atomic mass is 10.3. The van der Waals surface area contributed by atoms with Crippen molar-refractivity contribution in [1.82, 2.24) is 14.9 Å². The number of thioether (sulfide) groups is 1. The molecule has 0 bridgehead atoms. The van der Waals surface area contributed by atoms with E-state index in [0.717, 1.165) is 11.0 Å². The lowest BCUT2D eigenvalue weighted by Crippen LogP contribution is -2.39. The summed E-state index contributed by atoms with van der Waals surface area (Å²) < 4.78 is 7.22. The molecular formula is C20H22N4O3S. The first-order valence-corrected chi connectivity index (χ1v) is 9.74. The van der Waals surface area contributed by atoms with Gasteiger partial charge in [0.25, 0.3) is 0 Å². The van der Waals surface area contributed by atoms with Crippen molar-refractivity contribution in [3.63, 3.8) is 0 Å². The Labute approximate surface area is 167 Å². The highest BCUT2D eigenvalue weighted by atomic mass is 32.2. The molecule has 7 nitrogen and oxygen atoms in total. The molecule has 2 N–H and O–H groups in total. The van der Waals surface area contributed by atoms with E-state index < -0.39 is 11.3 Å². The largest absolute Gasteiger partial charge is 0.383 e. The number of hydrogen-bond acceptors (Lipinski definition) is 5. The molecule has 1 aromatic heterocycles. The number of para-hydroxylation sites is 3. The first-order chi connectivity index (χ1) is 13.6. The Morgan fingerprint density at radius 2 is 1.86 bits per heavy atom. The van der Waals surface area contributed by atoms with Crippen LogP contribution in [0.2, 0.25) is 0 Å². The van der Waals surface area contributed by atoms with Crippen molar-refractivity contribution < 1.29 is 14.3 Å². The topological polar surface area (TPSA) is 85.2 Å². The number of rotatable bonds is 7. The summed E-state index contributed by atoms with van der Waals surface area (Å²) in [5.41, 5.74) is 2.46. The fourth-order valence-corrected chi connectivity index (χ4v) is 3.60. The average Bonchev–Trinajstić information content (AvgIpc) is 3.03. The molecule has 3 aromatic rings. The maximum Gasteiger partial charge on any atom is 0.325 e.